The molecule has 0 fully saturated rings. The molecule has 0 amide bonds. The summed E-state index contributed by atoms with van der Waals surface area (Å²) in [5, 5.41) is 8.88. The number of halogens is 2. The van der Waals surface area contributed by atoms with Crippen LogP contribution in [0, 0.1) is 10.8 Å². The molecule has 0 spiro atoms. The molecular weight excluding hydrogens is 532 g/mol. The van der Waals surface area contributed by atoms with E-state index in [1.165, 1.54) is 7.11 Å². The summed E-state index contributed by atoms with van der Waals surface area (Å²) in [4.78, 5) is 22.2. The number of rotatable bonds is 8. The molecule has 0 aliphatic carbocycles. The Morgan fingerprint density at radius 1 is 0.774 bits per heavy atom. The molecule has 0 aliphatic rings. The van der Waals surface area contributed by atoms with Crippen LogP contribution in [0.25, 0.3) is 0 Å². The number of hydrogen-bond acceptors (Lipinski definition) is 5. The molecule has 0 atom stereocenters. The van der Waals surface area contributed by atoms with Crippen LogP contribution in [0.3, 0.4) is 0 Å². The van der Waals surface area contributed by atoms with E-state index in [9.17, 15) is 9.59 Å². The second-order valence-corrected chi connectivity index (χ2v) is 9.88. The second-order valence-electron chi connectivity index (χ2n) is 8.05. The van der Waals surface area contributed by atoms with Gasteiger partial charge in [-0.05, 0) is 76.2 Å². The Morgan fingerprint density at radius 3 is 1.45 bits per heavy atom. The van der Waals surface area contributed by atoms with Gasteiger partial charge in [0.2, 0.25) is 0 Å². The highest BCUT2D eigenvalue weighted by atomic mass is 79.9. The van der Waals surface area contributed by atoms with E-state index in [1.54, 1.807) is 39.8 Å². The molecule has 0 unspecified atom stereocenters. The Bertz CT molecular complexity index is 845. The van der Waals surface area contributed by atoms with Crippen molar-refractivity contribution in [3.8, 4) is 11.5 Å². The van der Waals surface area contributed by atoms with Crippen LogP contribution in [-0.4, -0.2) is 37.4 Å². The molecule has 0 radical (unpaired) electrons. The number of benzene rings is 2. The first-order valence-electron chi connectivity index (χ1n) is 9.46. The van der Waals surface area contributed by atoms with E-state index in [4.69, 9.17) is 19.3 Å². The Labute approximate surface area is 200 Å². The fourth-order valence-electron chi connectivity index (χ4n) is 1.99. The zero-order valence-corrected chi connectivity index (χ0v) is 21.4. The minimum absolute atomic E-state index is 0.157. The predicted molar refractivity (Wildman–Crippen MR) is 126 cm³/mol. The zero-order valence-electron chi connectivity index (χ0n) is 18.3. The summed E-state index contributed by atoms with van der Waals surface area (Å²) in [6.45, 7) is 7.29. The van der Waals surface area contributed by atoms with E-state index in [0.717, 1.165) is 14.7 Å². The van der Waals surface area contributed by atoms with E-state index in [2.05, 4.69) is 31.9 Å². The highest BCUT2D eigenvalue weighted by molar-refractivity contribution is 9.10. The van der Waals surface area contributed by atoms with Crippen LogP contribution in [0.2, 0.25) is 0 Å². The Balaban J connectivity index is 0.000000311. The van der Waals surface area contributed by atoms with Crippen LogP contribution >= 0.6 is 31.9 Å². The summed E-state index contributed by atoms with van der Waals surface area (Å²) < 4.78 is 17.6. The first-order chi connectivity index (χ1) is 14.4. The van der Waals surface area contributed by atoms with Crippen LogP contribution < -0.4 is 9.47 Å². The summed E-state index contributed by atoms with van der Waals surface area (Å²) in [7, 11) is 1.38. The standard InChI is InChI=1S/C12H15BrO3.C11H13BrO3/c1-12(2,11(14)15-3)8-16-10-6-4-9(13)5-7-10;1-11(2,10(13)14)7-15-9-5-3-8(12)4-6-9/h4-7H,8H2,1-3H3;3-6H,7H2,1-2H3,(H,13,14). The number of carboxylic acid groups (broad SMARTS) is 1. The quantitative estimate of drug-likeness (QED) is 0.401. The SMILES string of the molecule is CC(C)(COc1ccc(Br)cc1)C(=O)O.COC(=O)C(C)(C)COc1ccc(Br)cc1. The molecule has 2 aromatic rings. The molecule has 2 rings (SSSR count). The Hall–Kier alpha value is -2.06. The third kappa shape index (κ3) is 9.74. The molecule has 0 aliphatic heterocycles. The monoisotopic (exact) mass is 558 g/mol. The first-order valence-corrected chi connectivity index (χ1v) is 11.0. The molecule has 0 saturated carbocycles. The van der Waals surface area contributed by atoms with E-state index in [0.29, 0.717) is 12.4 Å². The van der Waals surface area contributed by atoms with Crippen LogP contribution in [0.4, 0.5) is 0 Å². The van der Waals surface area contributed by atoms with Gasteiger partial charge in [-0.3, -0.25) is 9.59 Å². The van der Waals surface area contributed by atoms with E-state index in [1.807, 2.05) is 36.4 Å². The molecule has 0 aromatic heterocycles. The van der Waals surface area contributed by atoms with E-state index >= 15 is 0 Å². The minimum Gasteiger partial charge on any atom is -0.492 e. The van der Waals surface area contributed by atoms with Crippen LogP contribution in [0.5, 0.6) is 11.5 Å². The average Bonchev–Trinajstić information content (AvgIpc) is 2.72. The number of carbonyl (C=O) groups excluding carboxylic acids is 1. The van der Waals surface area contributed by atoms with Crippen molar-refractivity contribution in [1.29, 1.82) is 0 Å². The van der Waals surface area contributed by atoms with Gasteiger partial charge in [0, 0.05) is 8.95 Å². The Kier molecular flexibility index (Phi) is 10.5. The maximum atomic E-state index is 11.4. The van der Waals surface area contributed by atoms with Gasteiger partial charge in [0.05, 0.1) is 17.9 Å². The zero-order chi connectivity index (χ0) is 23.7. The van der Waals surface area contributed by atoms with Gasteiger partial charge in [-0.2, -0.15) is 0 Å². The smallest absolute Gasteiger partial charge is 0.314 e. The van der Waals surface area contributed by atoms with Crippen molar-refractivity contribution >= 4 is 43.8 Å². The third-order valence-electron chi connectivity index (χ3n) is 4.14. The van der Waals surface area contributed by atoms with Crippen molar-refractivity contribution < 1.29 is 28.9 Å². The van der Waals surface area contributed by atoms with Crippen molar-refractivity contribution in [3.05, 3.63) is 57.5 Å². The normalized spacial score (nSPS) is 11.1. The number of carboxylic acids is 1. The average molecular weight is 560 g/mol. The van der Waals surface area contributed by atoms with Crippen molar-refractivity contribution in [2.75, 3.05) is 20.3 Å². The third-order valence-corrected chi connectivity index (χ3v) is 5.20. The lowest BCUT2D eigenvalue weighted by molar-refractivity contribution is -0.152. The molecule has 0 saturated heterocycles. The molecule has 1 N–H and O–H groups in total. The molecule has 0 bridgehead atoms. The highest BCUT2D eigenvalue weighted by Crippen LogP contribution is 2.22. The number of hydrogen-bond donors (Lipinski definition) is 1. The first kappa shape index (κ1) is 27.0. The maximum absolute atomic E-state index is 11.4. The Morgan fingerprint density at radius 2 is 1.13 bits per heavy atom. The van der Waals surface area contributed by atoms with Crippen LogP contribution in [-0.2, 0) is 14.3 Å². The lowest BCUT2D eigenvalue weighted by Gasteiger charge is -2.21. The summed E-state index contributed by atoms with van der Waals surface area (Å²) >= 11 is 6.65. The largest absolute Gasteiger partial charge is 0.492 e. The summed E-state index contributed by atoms with van der Waals surface area (Å²) in [6.07, 6.45) is 0. The van der Waals surface area contributed by atoms with E-state index in [-0.39, 0.29) is 12.6 Å². The van der Waals surface area contributed by atoms with Gasteiger partial charge in [0.25, 0.3) is 0 Å². The van der Waals surface area contributed by atoms with Gasteiger partial charge in [0.15, 0.2) is 0 Å². The lowest BCUT2D eigenvalue weighted by atomic mass is 9.95. The lowest BCUT2D eigenvalue weighted by Crippen LogP contribution is -2.32. The van der Waals surface area contributed by atoms with E-state index < -0.39 is 16.8 Å². The highest BCUT2D eigenvalue weighted by Gasteiger charge is 2.30. The number of esters is 1. The van der Waals surface area contributed by atoms with Crippen molar-refractivity contribution in [3.63, 3.8) is 0 Å². The van der Waals surface area contributed by atoms with Gasteiger partial charge in [-0.25, -0.2) is 0 Å². The summed E-state index contributed by atoms with van der Waals surface area (Å²) in [5.41, 5.74) is -1.51. The molecule has 0 heterocycles. The van der Waals surface area contributed by atoms with Crippen LogP contribution in [0.15, 0.2) is 57.5 Å². The minimum atomic E-state index is -0.868. The number of aliphatic carboxylic acids is 1. The molecule has 170 valence electrons. The molecule has 6 nitrogen and oxygen atoms in total. The van der Waals surface area contributed by atoms with Gasteiger partial charge in [0.1, 0.15) is 24.7 Å². The number of carbonyl (C=O) groups is 2. The second kappa shape index (κ2) is 12.1. The number of ether oxygens (including phenoxy) is 3. The van der Waals surface area contributed by atoms with Crippen LogP contribution in [0.1, 0.15) is 27.7 Å². The van der Waals surface area contributed by atoms with Gasteiger partial charge in [-0.1, -0.05) is 31.9 Å². The van der Waals surface area contributed by atoms with Gasteiger partial charge < -0.3 is 19.3 Å². The topological polar surface area (TPSA) is 82.1 Å². The van der Waals surface area contributed by atoms with Gasteiger partial charge in [-0.15, -0.1) is 0 Å². The van der Waals surface area contributed by atoms with Crippen molar-refractivity contribution in [1.82, 2.24) is 0 Å². The maximum Gasteiger partial charge on any atom is 0.314 e. The molecular formula is C23H28Br2O6. The fourth-order valence-corrected chi connectivity index (χ4v) is 2.51. The molecule has 31 heavy (non-hydrogen) atoms. The predicted octanol–water partition coefficient (Wildman–Crippen LogP) is 5.97. The molecule has 8 heteroatoms. The van der Waals surface area contributed by atoms with Crippen molar-refractivity contribution in [2.45, 2.75) is 27.7 Å². The van der Waals surface area contributed by atoms with Crippen molar-refractivity contribution in [2.24, 2.45) is 10.8 Å². The fraction of sp³-hybridized carbons (Fsp3) is 0.391. The summed E-state index contributed by atoms with van der Waals surface area (Å²) in [6, 6.07) is 14.8. The van der Waals surface area contributed by atoms with Gasteiger partial charge >= 0.3 is 11.9 Å². The molecule has 2 aromatic carbocycles. The number of methoxy groups -OCH3 is 1. The summed E-state index contributed by atoms with van der Waals surface area (Å²) in [5.74, 6) is 0.275.